The van der Waals surface area contributed by atoms with Crippen molar-refractivity contribution in [2.45, 2.75) is 6.04 Å². The third kappa shape index (κ3) is 4.47. The number of hydrogen-bond acceptors (Lipinski definition) is 4. The molecule has 0 aliphatic rings. The molecule has 0 saturated carbocycles. The van der Waals surface area contributed by atoms with E-state index in [9.17, 15) is 4.79 Å². The summed E-state index contributed by atoms with van der Waals surface area (Å²) >= 11 is 12.0. The van der Waals surface area contributed by atoms with Gasteiger partial charge in [0.05, 0.1) is 0 Å². The lowest BCUT2D eigenvalue weighted by atomic mass is 10.1. The first-order valence-corrected chi connectivity index (χ1v) is 9.56. The van der Waals surface area contributed by atoms with E-state index in [0.29, 0.717) is 21.5 Å². The van der Waals surface area contributed by atoms with E-state index in [1.54, 1.807) is 48.5 Å². The van der Waals surface area contributed by atoms with E-state index in [1.165, 1.54) is 0 Å². The van der Waals surface area contributed by atoms with Gasteiger partial charge in [0.15, 0.2) is 0 Å². The maximum Gasteiger partial charge on any atom is 0.252 e. The number of halogens is 2. The Morgan fingerprint density at radius 1 is 0.862 bits per heavy atom. The van der Waals surface area contributed by atoms with Gasteiger partial charge in [0.2, 0.25) is 11.8 Å². The molecule has 4 rings (SSSR count). The molecule has 29 heavy (non-hydrogen) atoms. The highest BCUT2D eigenvalue weighted by molar-refractivity contribution is 6.31. The molecule has 1 atom stereocenters. The predicted molar refractivity (Wildman–Crippen MR) is 112 cm³/mol. The summed E-state index contributed by atoms with van der Waals surface area (Å²) in [5.74, 6) is 0.324. The fraction of sp³-hybridized carbons (Fsp3) is 0.0455. The maximum atomic E-state index is 12.8. The normalized spacial score (nSPS) is 11.8. The molecule has 1 unspecified atom stereocenters. The van der Waals surface area contributed by atoms with E-state index in [4.69, 9.17) is 27.6 Å². The number of amides is 1. The van der Waals surface area contributed by atoms with Crippen LogP contribution in [0, 0.1) is 0 Å². The molecule has 1 amide bonds. The molecule has 0 spiro atoms. The van der Waals surface area contributed by atoms with Crippen LogP contribution in [0.3, 0.4) is 0 Å². The molecule has 0 radical (unpaired) electrons. The van der Waals surface area contributed by atoms with Crippen molar-refractivity contribution in [1.29, 1.82) is 0 Å². The lowest BCUT2D eigenvalue weighted by Gasteiger charge is -2.16. The summed E-state index contributed by atoms with van der Waals surface area (Å²) in [6.45, 7) is 0. The monoisotopic (exact) mass is 423 g/mol. The molecule has 7 heteroatoms. The van der Waals surface area contributed by atoms with Crippen LogP contribution in [-0.4, -0.2) is 16.1 Å². The largest absolute Gasteiger partial charge is 0.418 e. The molecule has 0 aliphatic carbocycles. The second-order valence-electron chi connectivity index (χ2n) is 6.28. The van der Waals surface area contributed by atoms with Crippen LogP contribution in [0.1, 0.15) is 27.9 Å². The Kier molecular flexibility index (Phi) is 5.60. The Balaban J connectivity index is 1.68. The third-order valence-corrected chi connectivity index (χ3v) is 4.76. The van der Waals surface area contributed by atoms with Crippen molar-refractivity contribution in [3.63, 3.8) is 0 Å². The van der Waals surface area contributed by atoms with Crippen LogP contribution in [0.4, 0.5) is 0 Å². The molecule has 1 N–H and O–H groups in total. The quantitative estimate of drug-likeness (QED) is 0.455. The van der Waals surface area contributed by atoms with Gasteiger partial charge in [-0.1, -0.05) is 59.6 Å². The molecule has 1 heterocycles. The highest BCUT2D eigenvalue weighted by Crippen LogP contribution is 2.26. The molecule has 0 fully saturated rings. The van der Waals surface area contributed by atoms with Gasteiger partial charge in [0.1, 0.15) is 6.04 Å². The van der Waals surface area contributed by atoms with Gasteiger partial charge in [0, 0.05) is 21.2 Å². The van der Waals surface area contributed by atoms with Crippen LogP contribution in [0.15, 0.2) is 83.3 Å². The second kappa shape index (κ2) is 8.47. The van der Waals surface area contributed by atoms with E-state index in [-0.39, 0.29) is 11.8 Å². The van der Waals surface area contributed by atoms with Crippen LogP contribution in [0.2, 0.25) is 10.0 Å². The van der Waals surface area contributed by atoms with E-state index in [2.05, 4.69) is 15.5 Å². The molecule has 3 aromatic carbocycles. The van der Waals surface area contributed by atoms with Crippen molar-refractivity contribution in [2.24, 2.45) is 0 Å². The van der Waals surface area contributed by atoms with Gasteiger partial charge in [-0.05, 0) is 48.0 Å². The molecule has 144 valence electrons. The molecular weight excluding hydrogens is 409 g/mol. The minimum atomic E-state index is -0.649. The molecule has 0 saturated heterocycles. The van der Waals surface area contributed by atoms with Crippen LogP contribution < -0.4 is 5.32 Å². The number of benzene rings is 3. The number of nitrogens with zero attached hydrogens (tertiary/aromatic N) is 2. The van der Waals surface area contributed by atoms with Gasteiger partial charge in [-0.25, -0.2) is 0 Å². The van der Waals surface area contributed by atoms with Crippen molar-refractivity contribution >= 4 is 29.1 Å². The number of aromatic nitrogens is 2. The second-order valence-corrected chi connectivity index (χ2v) is 7.15. The average Bonchev–Trinajstić information content (AvgIpc) is 3.23. The van der Waals surface area contributed by atoms with Crippen molar-refractivity contribution in [3.8, 4) is 11.5 Å². The molecule has 4 aromatic rings. The van der Waals surface area contributed by atoms with E-state index in [1.807, 2.05) is 30.3 Å². The minimum absolute atomic E-state index is 0.265. The zero-order chi connectivity index (χ0) is 20.2. The van der Waals surface area contributed by atoms with Crippen LogP contribution in [0.5, 0.6) is 0 Å². The van der Waals surface area contributed by atoms with E-state index < -0.39 is 6.04 Å². The van der Waals surface area contributed by atoms with Crippen molar-refractivity contribution in [2.75, 3.05) is 0 Å². The summed E-state index contributed by atoms with van der Waals surface area (Å²) in [5, 5.41) is 12.3. The molecule has 5 nitrogen and oxygen atoms in total. The van der Waals surface area contributed by atoms with Gasteiger partial charge in [-0.15, -0.1) is 10.2 Å². The lowest BCUT2D eigenvalue weighted by Crippen LogP contribution is -2.29. The number of rotatable bonds is 5. The molecule has 1 aromatic heterocycles. The zero-order valence-electron chi connectivity index (χ0n) is 15.0. The summed E-state index contributed by atoms with van der Waals surface area (Å²) in [5.41, 5.74) is 1.98. The predicted octanol–water partition coefficient (Wildman–Crippen LogP) is 5.56. The maximum absolute atomic E-state index is 12.8. The van der Waals surface area contributed by atoms with E-state index in [0.717, 1.165) is 11.1 Å². The Labute approximate surface area is 177 Å². The summed E-state index contributed by atoms with van der Waals surface area (Å²) < 4.78 is 5.88. The molecular formula is C22H15Cl2N3O2. The number of hydrogen-bond donors (Lipinski definition) is 1. The van der Waals surface area contributed by atoms with Crippen molar-refractivity contribution < 1.29 is 9.21 Å². The fourth-order valence-corrected chi connectivity index (χ4v) is 3.15. The van der Waals surface area contributed by atoms with Gasteiger partial charge in [0.25, 0.3) is 5.91 Å². The molecule has 0 aliphatic heterocycles. The Morgan fingerprint density at radius 3 is 2.34 bits per heavy atom. The van der Waals surface area contributed by atoms with E-state index >= 15 is 0 Å². The topological polar surface area (TPSA) is 68.0 Å². The van der Waals surface area contributed by atoms with Crippen LogP contribution in [0.25, 0.3) is 11.5 Å². The van der Waals surface area contributed by atoms with Crippen LogP contribution in [-0.2, 0) is 0 Å². The summed E-state index contributed by atoms with van der Waals surface area (Å²) in [6.07, 6.45) is 0. The minimum Gasteiger partial charge on any atom is -0.418 e. The highest BCUT2D eigenvalue weighted by Gasteiger charge is 2.24. The van der Waals surface area contributed by atoms with Crippen LogP contribution >= 0.6 is 23.2 Å². The SMILES string of the molecule is O=C(NC(c1ccc(Cl)cc1)c1nnc(-c2ccccc2)o1)c1cccc(Cl)c1. The van der Waals surface area contributed by atoms with Gasteiger partial charge in [-0.2, -0.15) is 0 Å². The van der Waals surface area contributed by atoms with Crippen molar-refractivity contribution in [3.05, 3.63) is 106 Å². The third-order valence-electron chi connectivity index (χ3n) is 4.27. The Hall–Kier alpha value is -3.15. The summed E-state index contributed by atoms with van der Waals surface area (Å²) in [7, 11) is 0. The summed E-state index contributed by atoms with van der Waals surface area (Å²) in [6, 6.07) is 22.6. The fourth-order valence-electron chi connectivity index (χ4n) is 2.84. The number of carbonyl (C=O) groups is 1. The summed E-state index contributed by atoms with van der Waals surface area (Å²) in [4.78, 5) is 12.8. The Morgan fingerprint density at radius 2 is 1.62 bits per heavy atom. The van der Waals surface area contributed by atoms with Gasteiger partial charge in [-0.3, -0.25) is 4.79 Å². The highest BCUT2D eigenvalue weighted by atomic mass is 35.5. The number of nitrogens with one attached hydrogen (secondary N) is 1. The first kappa shape index (κ1) is 19.2. The smallest absolute Gasteiger partial charge is 0.252 e. The average molecular weight is 424 g/mol. The van der Waals surface area contributed by atoms with Crippen molar-refractivity contribution in [1.82, 2.24) is 15.5 Å². The lowest BCUT2D eigenvalue weighted by molar-refractivity contribution is 0.0938. The van der Waals surface area contributed by atoms with Gasteiger partial charge < -0.3 is 9.73 Å². The van der Waals surface area contributed by atoms with Gasteiger partial charge >= 0.3 is 0 Å². The number of carbonyl (C=O) groups excluding carboxylic acids is 1. The first-order valence-electron chi connectivity index (χ1n) is 8.81. The zero-order valence-corrected chi connectivity index (χ0v) is 16.6. The Bertz CT molecular complexity index is 1130. The first-order chi connectivity index (χ1) is 14.1. The standard InChI is InChI=1S/C22H15Cl2N3O2/c23-17-11-9-14(10-12-17)19(25-20(28)16-7-4-8-18(24)13-16)22-27-26-21(29-22)15-5-2-1-3-6-15/h1-13,19H,(H,25,28). The molecule has 0 bridgehead atoms.